The van der Waals surface area contributed by atoms with Gasteiger partial charge >= 0.3 is 13.1 Å². The lowest BCUT2D eigenvalue weighted by Gasteiger charge is -2.47. The molecule has 0 spiro atoms. The fourth-order valence-corrected chi connectivity index (χ4v) is 4.37. The van der Waals surface area contributed by atoms with Crippen molar-refractivity contribution in [1.82, 2.24) is 14.7 Å². The lowest BCUT2D eigenvalue weighted by molar-refractivity contribution is -0.137. The van der Waals surface area contributed by atoms with Crippen molar-refractivity contribution in [3.8, 4) is 0 Å². The van der Waals surface area contributed by atoms with E-state index in [4.69, 9.17) is 9.31 Å². The molecular weight excluding hydrogens is 345 g/mol. The van der Waals surface area contributed by atoms with Crippen molar-refractivity contribution in [2.75, 3.05) is 32.7 Å². The van der Waals surface area contributed by atoms with Gasteiger partial charge in [-0.2, -0.15) is 0 Å². The number of rotatable bonds is 1. The molecule has 3 heterocycles. The van der Waals surface area contributed by atoms with E-state index in [1.165, 1.54) is 0 Å². The monoisotopic (exact) mass is 379 g/mol. The third-order valence-electron chi connectivity index (χ3n) is 6.70. The van der Waals surface area contributed by atoms with Crippen molar-refractivity contribution in [1.29, 1.82) is 0 Å². The van der Waals surface area contributed by atoms with Crippen molar-refractivity contribution in [3.05, 3.63) is 0 Å². The van der Waals surface area contributed by atoms with Crippen LogP contribution in [0.3, 0.4) is 0 Å². The fraction of sp³-hybridized carbons (Fsp3) is 0.895. The van der Waals surface area contributed by atoms with Gasteiger partial charge in [0.25, 0.3) is 0 Å². The third-order valence-corrected chi connectivity index (χ3v) is 6.70. The number of nitrogens with zero attached hydrogens (tertiary/aromatic N) is 3. The first kappa shape index (κ1) is 20.5. The van der Waals surface area contributed by atoms with Crippen LogP contribution in [0.25, 0.3) is 0 Å². The molecule has 8 heteroatoms. The van der Waals surface area contributed by atoms with Crippen LogP contribution >= 0.6 is 0 Å². The molecule has 3 aliphatic heterocycles. The molecule has 152 valence electrons. The van der Waals surface area contributed by atoms with Gasteiger partial charge in [0.2, 0.25) is 5.91 Å². The predicted molar refractivity (Wildman–Crippen MR) is 104 cm³/mol. The minimum atomic E-state index is -0.345. The van der Waals surface area contributed by atoms with E-state index in [1.54, 1.807) is 6.92 Å². The lowest BCUT2D eigenvalue weighted by atomic mass is 9.71. The average Bonchev–Trinajstić information content (AvgIpc) is 3.08. The van der Waals surface area contributed by atoms with Crippen molar-refractivity contribution in [2.24, 2.45) is 0 Å². The highest BCUT2D eigenvalue weighted by atomic mass is 16.7. The van der Waals surface area contributed by atoms with Gasteiger partial charge in [0.05, 0.1) is 16.7 Å². The van der Waals surface area contributed by atoms with Gasteiger partial charge in [-0.25, -0.2) is 4.79 Å². The second-order valence-electron chi connectivity index (χ2n) is 9.81. The average molecular weight is 379 g/mol. The first-order valence-electron chi connectivity index (χ1n) is 10.0. The molecule has 3 aliphatic rings. The zero-order valence-corrected chi connectivity index (χ0v) is 17.9. The maximum absolute atomic E-state index is 13.0. The van der Waals surface area contributed by atoms with Crippen molar-refractivity contribution >= 4 is 19.1 Å². The molecule has 1 atom stereocenters. The van der Waals surface area contributed by atoms with Crippen molar-refractivity contribution in [2.45, 2.75) is 77.4 Å². The highest BCUT2D eigenvalue weighted by molar-refractivity contribution is 6.47. The number of hydrogen-bond donors (Lipinski definition) is 0. The van der Waals surface area contributed by atoms with Gasteiger partial charge in [-0.05, 0) is 48.0 Å². The molecule has 27 heavy (non-hydrogen) atoms. The minimum Gasteiger partial charge on any atom is -0.403 e. The number of carbonyl (C=O) groups excluding carboxylic acids is 2. The number of likely N-dealkylation sites (tertiary alicyclic amines) is 1. The summed E-state index contributed by atoms with van der Waals surface area (Å²) in [6.07, 6.45) is 0.888. The second-order valence-corrected chi connectivity index (χ2v) is 9.81. The van der Waals surface area contributed by atoms with Crippen LogP contribution in [0.15, 0.2) is 0 Å². The van der Waals surface area contributed by atoms with Crippen LogP contribution in [0, 0.1) is 0 Å². The number of hydrogen-bond acceptors (Lipinski definition) is 4. The molecule has 0 saturated carbocycles. The van der Waals surface area contributed by atoms with E-state index in [-0.39, 0.29) is 41.6 Å². The Morgan fingerprint density at radius 2 is 1.52 bits per heavy atom. The Kier molecular flexibility index (Phi) is 5.04. The molecule has 3 amide bonds. The largest absolute Gasteiger partial charge is 0.463 e. The van der Waals surface area contributed by atoms with Crippen LogP contribution in [0.2, 0.25) is 5.82 Å². The summed E-state index contributed by atoms with van der Waals surface area (Å²) in [6, 6.07) is 0.0605. The molecule has 0 bridgehead atoms. The smallest absolute Gasteiger partial charge is 0.403 e. The van der Waals surface area contributed by atoms with E-state index >= 15 is 0 Å². The Hall–Kier alpha value is -1.28. The topological polar surface area (TPSA) is 62.3 Å². The standard InChI is InChI=1S/C19H34BN3O4/c1-14(24)23-11-10-22(13-17(23,2)3)16(25)21-9-8-15(12-21)20-26-18(4,5)19(6,7)27-20/h15H,8-13H2,1-7H3. The zero-order chi connectivity index (χ0) is 20.2. The zero-order valence-electron chi connectivity index (χ0n) is 17.9. The van der Waals surface area contributed by atoms with Crippen LogP contribution in [0.4, 0.5) is 4.79 Å². The Morgan fingerprint density at radius 3 is 2.04 bits per heavy atom. The van der Waals surface area contributed by atoms with Crippen LogP contribution in [0.5, 0.6) is 0 Å². The molecular formula is C19H34BN3O4. The molecule has 3 rings (SSSR count). The SMILES string of the molecule is CC(=O)N1CCN(C(=O)N2CCC(B3OC(C)(C)C(C)(C)O3)C2)CC1(C)C. The second kappa shape index (κ2) is 6.66. The summed E-state index contributed by atoms with van der Waals surface area (Å²) in [5.41, 5.74) is -1.03. The molecule has 0 N–H and O–H groups in total. The van der Waals surface area contributed by atoms with Gasteiger partial charge in [-0.15, -0.1) is 0 Å². The molecule has 3 saturated heterocycles. The third kappa shape index (κ3) is 3.70. The molecule has 0 radical (unpaired) electrons. The minimum absolute atomic E-state index is 0.0605. The van der Waals surface area contributed by atoms with E-state index in [0.717, 1.165) is 13.0 Å². The van der Waals surface area contributed by atoms with Crippen LogP contribution in [-0.4, -0.2) is 83.2 Å². The Bertz CT molecular complexity index is 606. The van der Waals surface area contributed by atoms with E-state index in [1.807, 2.05) is 28.5 Å². The van der Waals surface area contributed by atoms with Gasteiger partial charge in [0, 0.05) is 45.5 Å². The van der Waals surface area contributed by atoms with Crippen LogP contribution in [0.1, 0.15) is 54.9 Å². The van der Waals surface area contributed by atoms with E-state index < -0.39 is 0 Å². The van der Waals surface area contributed by atoms with E-state index in [9.17, 15) is 9.59 Å². The quantitative estimate of drug-likeness (QED) is 0.656. The Morgan fingerprint density at radius 1 is 0.926 bits per heavy atom. The van der Waals surface area contributed by atoms with Crippen LogP contribution in [-0.2, 0) is 14.1 Å². The van der Waals surface area contributed by atoms with Gasteiger partial charge in [-0.1, -0.05) is 0 Å². The maximum Gasteiger partial charge on any atom is 0.463 e. The summed E-state index contributed by atoms with van der Waals surface area (Å²) in [5, 5.41) is 0. The summed E-state index contributed by atoms with van der Waals surface area (Å²) >= 11 is 0. The lowest BCUT2D eigenvalue weighted by Crippen LogP contribution is -2.63. The highest BCUT2D eigenvalue weighted by Gasteiger charge is 2.55. The van der Waals surface area contributed by atoms with E-state index in [0.29, 0.717) is 26.2 Å². The first-order chi connectivity index (χ1) is 12.3. The predicted octanol–water partition coefficient (Wildman–Crippen LogP) is 2.22. The molecule has 1 unspecified atom stereocenters. The maximum atomic E-state index is 13.0. The number of urea groups is 1. The van der Waals surface area contributed by atoms with Crippen molar-refractivity contribution < 1.29 is 18.9 Å². The summed E-state index contributed by atoms with van der Waals surface area (Å²) in [7, 11) is -0.265. The summed E-state index contributed by atoms with van der Waals surface area (Å²) < 4.78 is 12.4. The summed E-state index contributed by atoms with van der Waals surface area (Å²) in [6.45, 7) is 17.0. The first-order valence-corrected chi connectivity index (χ1v) is 10.0. The van der Waals surface area contributed by atoms with Crippen LogP contribution < -0.4 is 0 Å². The molecule has 0 aromatic heterocycles. The number of piperazine rings is 1. The molecule has 0 aromatic rings. The fourth-order valence-electron chi connectivity index (χ4n) is 4.37. The Balaban J connectivity index is 1.60. The van der Waals surface area contributed by atoms with Gasteiger partial charge in [0.15, 0.2) is 0 Å². The molecule has 0 aliphatic carbocycles. The Labute approximate surface area is 163 Å². The van der Waals surface area contributed by atoms with Gasteiger partial charge in [0.1, 0.15) is 0 Å². The highest BCUT2D eigenvalue weighted by Crippen LogP contribution is 2.42. The molecule has 3 fully saturated rings. The summed E-state index contributed by atoms with van der Waals surface area (Å²) in [4.78, 5) is 30.5. The normalized spacial score (nSPS) is 29.4. The summed E-state index contributed by atoms with van der Waals surface area (Å²) in [5.74, 6) is 0.260. The molecule has 7 nitrogen and oxygen atoms in total. The van der Waals surface area contributed by atoms with E-state index in [2.05, 4.69) is 27.7 Å². The van der Waals surface area contributed by atoms with Gasteiger partial charge < -0.3 is 24.0 Å². The number of carbonyl (C=O) groups is 2. The van der Waals surface area contributed by atoms with Gasteiger partial charge in [-0.3, -0.25) is 4.79 Å². The molecule has 0 aromatic carbocycles. The van der Waals surface area contributed by atoms with Crippen molar-refractivity contribution in [3.63, 3.8) is 0 Å². The number of amides is 3.